The monoisotopic (exact) mass is 498 g/mol. The fourth-order valence-electron chi connectivity index (χ4n) is 5.96. The van der Waals surface area contributed by atoms with Gasteiger partial charge in [0.05, 0.1) is 12.1 Å². The topological polar surface area (TPSA) is 120 Å². The SMILES string of the molecule is Cc1ccnc([C@H]2C[C@@H]2C(=O)Nc2cc(N3C[C@@H](O)C[C@@H]3c3ccc(N4CC5CC5C4)nc3)ncn2)n1. The summed E-state index contributed by atoms with van der Waals surface area (Å²) in [7, 11) is 0. The van der Waals surface area contributed by atoms with Crippen molar-refractivity contribution in [1.29, 1.82) is 0 Å². The number of carbonyl (C=O) groups is 1. The Labute approximate surface area is 215 Å². The van der Waals surface area contributed by atoms with Crippen LogP contribution in [0.1, 0.15) is 48.3 Å². The Bertz CT molecular complexity index is 1320. The molecule has 5 heterocycles. The zero-order valence-electron chi connectivity index (χ0n) is 20.7. The van der Waals surface area contributed by atoms with Crippen LogP contribution in [-0.4, -0.2) is 61.7 Å². The Morgan fingerprint density at radius 3 is 2.65 bits per heavy atom. The minimum absolute atomic E-state index is 0.0427. The predicted octanol–water partition coefficient (Wildman–Crippen LogP) is 2.48. The van der Waals surface area contributed by atoms with Gasteiger partial charge in [0.2, 0.25) is 5.91 Å². The highest BCUT2D eigenvalue weighted by atomic mass is 16.3. The fraction of sp³-hybridized carbons (Fsp3) is 0.481. The number of aliphatic hydroxyl groups excluding tert-OH is 1. The third kappa shape index (κ3) is 4.39. The smallest absolute Gasteiger partial charge is 0.229 e. The number of carbonyl (C=O) groups excluding carboxylic acids is 1. The lowest BCUT2D eigenvalue weighted by Gasteiger charge is -2.26. The van der Waals surface area contributed by atoms with Crippen LogP contribution < -0.4 is 15.1 Å². The van der Waals surface area contributed by atoms with Gasteiger partial charge in [-0.25, -0.2) is 24.9 Å². The Balaban J connectivity index is 1.04. The van der Waals surface area contributed by atoms with E-state index in [1.807, 2.05) is 19.2 Å². The summed E-state index contributed by atoms with van der Waals surface area (Å²) in [6.45, 7) is 4.61. The largest absolute Gasteiger partial charge is 0.391 e. The highest BCUT2D eigenvalue weighted by Gasteiger charge is 2.47. The third-order valence-corrected chi connectivity index (χ3v) is 8.21. The summed E-state index contributed by atoms with van der Waals surface area (Å²) in [6.07, 6.45) is 7.36. The van der Waals surface area contributed by atoms with Crippen LogP contribution in [0.3, 0.4) is 0 Å². The van der Waals surface area contributed by atoms with Gasteiger partial charge < -0.3 is 20.2 Å². The Hall–Kier alpha value is -3.66. The second-order valence-electron chi connectivity index (χ2n) is 10.9. The van der Waals surface area contributed by atoms with Crippen LogP contribution in [0.2, 0.25) is 0 Å². The van der Waals surface area contributed by atoms with Gasteiger partial charge in [-0.1, -0.05) is 6.07 Å². The van der Waals surface area contributed by atoms with E-state index in [1.165, 1.54) is 12.7 Å². The van der Waals surface area contributed by atoms with E-state index in [9.17, 15) is 9.90 Å². The molecule has 37 heavy (non-hydrogen) atoms. The number of β-amino-alcohol motifs (C(OH)–C–C–N with tert-alkyl or cyclic N) is 1. The number of hydrogen-bond donors (Lipinski definition) is 2. The fourth-order valence-corrected chi connectivity index (χ4v) is 5.96. The van der Waals surface area contributed by atoms with E-state index in [-0.39, 0.29) is 23.8 Å². The molecule has 0 spiro atoms. The van der Waals surface area contributed by atoms with Crippen LogP contribution in [-0.2, 0) is 4.79 Å². The van der Waals surface area contributed by atoms with Crippen LogP contribution >= 0.6 is 0 Å². The summed E-state index contributed by atoms with van der Waals surface area (Å²) in [4.78, 5) is 39.6. The van der Waals surface area contributed by atoms with E-state index < -0.39 is 6.10 Å². The number of amides is 1. The van der Waals surface area contributed by atoms with E-state index in [0.29, 0.717) is 24.6 Å². The van der Waals surface area contributed by atoms with Crippen LogP contribution in [0, 0.1) is 24.7 Å². The second-order valence-corrected chi connectivity index (χ2v) is 10.9. The van der Waals surface area contributed by atoms with Gasteiger partial charge in [0, 0.05) is 55.6 Å². The average Bonchev–Trinajstić information content (AvgIpc) is 3.79. The molecule has 2 aliphatic carbocycles. The van der Waals surface area contributed by atoms with Crippen molar-refractivity contribution < 1.29 is 9.90 Å². The first-order valence-corrected chi connectivity index (χ1v) is 13.1. The zero-order valence-corrected chi connectivity index (χ0v) is 20.7. The lowest BCUT2D eigenvalue weighted by molar-refractivity contribution is -0.117. The molecule has 6 atom stereocenters. The van der Waals surface area contributed by atoms with Gasteiger partial charge in [-0.05, 0) is 55.7 Å². The number of nitrogens with one attached hydrogen (secondary N) is 1. The number of pyridine rings is 1. The highest BCUT2D eigenvalue weighted by molar-refractivity contribution is 5.94. The Morgan fingerprint density at radius 1 is 1.00 bits per heavy atom. The molecule has 4 fully saturated rings. The van der Waals surface area contributed by atoms with Crippen molar-refractivity contribution in [2.75, 3.05) is 34.8 Å². The summed E-state index contributed by atoms with van der Waals surface area (Å²) in [6, 6.07) is 7.80. The van der Waals surface area contributed by atoms with Gasteiger partial charge >= 0.3 is 0 Å². The molecule has 0 bridgehead atoms. The summed E-state index contributed by atoms with van der Waals surface area (Å²) in [5.41, 5.74) is 1.95. The van der Waals surface area contributed by atoms with Gasteiger partial charge in [-0.15, -0.1) is 0 Å². The van der Waals surface area contributed by atoms with Gasteiger partial charge in [-0.2, -0.15) is 0 Å². The Morgan fingerprint density at radius 2 is 1.86 bits per heavy atom. The summed E-state index contributed by atoms with van der Waals surface area (Å²) in [5.74, 6) is 4.39. The standard InChI is InChI=1S/C27H30N8O2/c1-15-4-5-28-26(32-15)20-8-21(20)27(37)33-23-9-25(31-14-30-23)35-13-19(36)7-22(35)16-2-3-24(29-10-16)34-11-17-6-18(17)12-34/h2-5,9-10,14,17-22,36H,6-8,11-13H2,1H3,(H,30,31,33,37)/t17?,18?,19-,20-,21-,22+/m0/s1. The van der Waals surface area contributed by atoms with Gasteiger partial charge in [0.1, 0.15) is 29.6 Å². The quantitative estimate of drug-likeness (QED) is 0.528. The van der Waals surface area contributed by atoms with Gasteiger partial charge in [0.15, 0.2) is 0 Å². The lowest BCUT2D eigenvalue weighted by Crippen LogP contribution is -2.26. The molecular formula is C27H30N8O2. The van der Waals surface area contributed by atoms with E-state index in [0.717, 1.165) is 54.2 Å². The van der Waals surface area contributed by atoms with E-state index >= 15 is 0 Å². The van der Waals surface area contributed by atoms with Crippen molar-refractivity contribution in [3.8, 4) is 0 Å². The van der Waals surface area contributed by atoms with Crippen LogP contribution in [0.4, 0.5) is 17.5 Å². The zero-order chi connectivity index (χ0) is 25.1. The molecular weight excluding hydrogens is 468 g/mol. The third-order valence-electron chi connectivity index (χ3n) is 8.21. The molecule has 1 amide bonds. The minimum atomic E-state index is -0.468. The van der Waals surface area contributed by atoms with E-state index in [2.05, 4.69) is 47.2 Å². The van der Waals surface area contributed by atoms with E-state index in [1.54, 1.807) is 12.3 Å². The van der Waals surface area contributed by atoms with Crippen molar-refractivity contribution >= 4 is 23.4 Å². The number of aromatic nitrogens is 5. The van der Waals surface area contributed by atoms with Crippen LogP contribution in [0.25, 0.3) is 0 Å². The molecule has 2 N–H and O–H groups in total. The van der Waals surface area contributed by atoms with Crippen molar-refractivity contribution in [1.82, 2.24) is 24.9 Å². The van der Waals surface area contributed by atoms with Crippen molar-refractivity contribution in [3.63, 3.8) is 0 Å². The number of nitrogens with zero attached hydrogens (tertiary/aromatic N) is 7. The first-order valence-electron chi connectivity index (χ1n) is 13.1. The summed E-state index contributed by atoms with van der Waals surface area (Å²) < 4.78 is 0. The summed E-state index contributed by atoms with van der Waals surface area (Å²) >= 11 is 0. The molecule has 3 aromatic rings. The molecule has 10 nitrogen and oxygen atoms in total. The minimum Gasteiger partial charge on any atom is -0.391 e. The molecule has 0 aromatic carbocycles. The van der Waals surface area contributed by atoms with Crippen molar-refractivity contribution in [2.24, 2.45) is 17.8 Å². The molecule has 2 unspecified atom stereocenters. The molecule has 2 saturated carbocycles. The maximum absolute atomic E-state index is 12.9. The Kier molecular flexibility index (Phi) is 5.31. The highest BCUT2D eigenvalue weighted by Crippen LogP contribution is 2.47. The van der Waals surface area contributed by atoms with Crippen LogP contribution in [0.15, 0.2) is 43.0 Å². The number of anilines is 3. The van der Waals surface area contributed by atoms with Gasteiger partial charge in [0.25, 0.3) is 0 Å². The maximum atomic E-state index is 12.9. The first kappa shape index (κ1) is 22.5. The molecule has 4 aliphatic rings. The number of hydrogen-bond acceptors (Lipinski definition) is 9. The van der Waals surface area contributed by atoms with Crippen LogP contribution in [0.5, 0.6) is 0 Å². The molecule has 3 aromatic heterocycles. The molecule has 2 saturated heterocycles. The average molecular weight is 499 g/mol. The lowest BCUT2D eigenvalue weighted by atomic mass is 10.1. The number of aliphatic hydroxyl groups is 1. The number of piperidine rings is 1. The van der Waals surface area contributed by atoms with Crippen molar-refractivity contribution in [3.05, 3.63) is 60.1 Å². The maximum Gasteiger partial charge on any atom is 0.229 e. The number of fused-ring (bicyclic) bond motifs is 1. The molecule has 7 rings (SSSR count). The second kappa shape index (κ2) is 8.72. The molecule has 2 aliphatic heterocycles. The normalized spacial score (nSPS) is 29.8. The van der Waals surface area contributed by atoms with E-state index in [4.69, 9.17) is 4.98 Å². The molecule has 190 valence electrons. The predicted molar refractivity (Wildman–Crippen MR) is 137 cm³/mol. The summed E-state index contributed by atoms with van der Waals surface area (Å²) in [5, 5.41) is 13.5. The first-order chi connectivity index (χ1) is 18.0. The van der Waals surface area contributed by atoms with Crippen molar-refractivity contribution in [2.45, 2.75) is 44.2 Å². The number of aryl methyl sites for hydroxylation is 1. The molecule has 0 radical (unpaired) electrons. The molecule has 10 heteroatoms. The number of rotatable bonds is 6. The van der Waals surface area contributed by atoms with Gasteiger partial charge in [-0.3, -0.25) is 4.79 Å².